The van der Waals surface area contributed by atoms with Gasteiger partial charge in [0.25, 0.3) is 0 Å². The summed E-state index contributed by atoms with van der Waals surface area (Å²) in [7, 11) is 0. The highest BCUT2D eigenvalue weighted by Crippen LogP contribution is 2.19. The number of hydrogen-bond donors (Lipinski definition) is 3. The van der Waals surface area contributed by atoms with Crippen LogP contribution in [0.3, 0.4) is 0 Å². The van der Waals surface area contributed by atoms with Gasteiger partial charge in [-0.3, -0.25) is 0 Å². The molecule has 0 aliphatic rings. The van der Waals surface area contributed by atoms with Crippen LogP contribution in [-0.2, 0) is 0 Å². The molecular formula is C10H11NO3. The standard InChI is InChI=1S/C10H11NO3/c1-2-3-11-8-4-7(10(13)14)5-9(12)6-8/h2,4-6,11-12H,1,3H2,(H,13,14). The number of carbonyl (C=O) groups is 1. The zero-order chi connectivity index (χ0) is 10.6. The Balaban J connectivity index is 2.94. The van der Waals surface area contributed by atoms with Gasteiger partial charge in [0.05, 0.1) is 5.56 Å². The number of benzene rings is 1. The lowest BCUT2D eigenvalue weighted by molar-refractivity contribution is 0.0696. The zero-order valence-electron chi connectivity index (χ0n) is 7.53. The number of nitrogens with one attached hydrogen (secondary N) is 1. The predicted octanol–water partition coefficient (Wildman–Crippen LogP) is 1.69. The van der Waals surface area contributed by atoms with E-state index in [4.69, 9.17) is 5.11 Å². The summed E-state index contributed by atoms with van der Waals surface area (Å²) >= 11 is 0. The van der Waals surface area contributed by atoms with Crippen LogP contribution in [-0.4, -0.2) is 22.7 Å². The number of anilines is 1. The van der Waals surface area contributed by atoms with Crippen LogP contribution in [0.5, 0.6) is 5.75 Å². The van der Waals surface area contributed by atoms with E-state index in [1.165, 1.54) is 18.2 Å². The molecule has 0 bridgehead atoms. The number of phenols is 1. The van der Waals surface area contributed by atoms with Gasteiger partial charge in [-0.1, -0.05) is 6.08 Å². The summed E-state index contributed by atoms with van der Waals surface area (Å²) in [5.41, 5.74) is 0.610. The van der Waals surface area contributed by atoms with Crippen molar-refractivity contribution in [2.45, 2.75) is 0 Å². The normalized spacial score (nSPS) is 9.43. The summed E-state index contributed by atoms with van der Waals surface area (Å²) in [5, 5.41) is 20.8. The van der Waals surface area contributed by atoms with Gasteiger partial charge >= 0.3 is 5.97 Å². The van der Waals surface area contributed by atoms with Gasteiger partial charge in [-0.25, -0.2) is 4.79 Å². The molecule has 0 aliphatic heterocycles. The van der Waals surface area contributed by atoms with E-state index in [-0.39, 0.29) is 11.3 Å². The van der Waals surface area contributed by atoms with E-state index in [0.717, 1.165) is 0 Å². The highest BCUT2D eigenvalue weighted by Gasteiger charge is 2.05. The molecule has 0 heterocycles. The summed E-state index contributed by atoms with van der Waals surface area (Å²) in [6.45, 7) is 4.03. The third-order valence-corrected chi connectivity index (χ3v) is 1.62. The third kappa shape index (κ3) is 2.52. The Kier molecular flexibility index (Phi) is 3.12. The molecule has 1 rings (SSSR count). The molecule has 0 saturated carbocycles. The summed E-state index contributed by atoms with van der Waals surface area (Å²) in [5.74, 6) is -1.14. The van der Waals surface area contributed by atoms with Gasteiger partial charge in [0.15, 0.2) is 0 Å². The molecule has 0 spiro atoms. The van der Waals surface area contributed by atoms with Crippen molar-refractivity contribution >= 4 is 11.7 Å². The first-order valence-electron chi connectivity index (χ1n) is 4.05. The van der Waals surface area contributed by atoms with E-state index in [1.54, 1.807) is 6.08 Å². The van der Waals surface area contributed by atoms with Crippen LogP contribution in [0.15, 0.2) is 30.9 Å². The minimum atomic E-state index is -1.07. The minimum absolute atomic E-state index is 0.0524. The van der Waals surface area contributed by atoms with Crippen LogP contribution in [0.25, 0.3) is 0 Å². The van der Waals surface area contributed by atoms with Gasteiger partial charge in [0.2, 0.25) is 0 Å². The van der Waals surface area contributed by atoms with E-state index >= 15 is 0 Å². The SMILES string of the molecule is C=CCNc1cc(O)cc(C(=O)O)c1. The van der Waals surface area contributed by atoms with Crippen LogP contribution in [0.2, 0.25) is 0 Å². The van der Waals surface area contributed by atoms with Gasteiger partial charge in [0, 0.05) is 18.3 Å². The molecule has 3 N–H and O–H groups in total. The molecule has 0 amide bonds. The lowest BCUT2D eigenvalue weighted by atomic mass is 10.2. The van der Waals surface area contributed by atoms with E-state index < -0.39 is 5.97 Å². The number of carboxylic acids is 1. The molecule has 4 heteroatoms. The topological polar surface area (TPSA) is 69.6 Å². The van der Waals surface area contributed by atoms with Crippen molar-refractivity contribution in [2.24, 2.45) is 0 Å². The van der Waals surface area contributed by atoms with E-state index in [2.05, 4.69) is 11.9 Å². The van der Waals surface area contributed by atoms with Crippen molar-refractivity contribution in [2.75, 3.05) is 11.9 Å². The van der Waals surface area contributed by atoms with Gasteiger partial charge in [-0.05, 0) is 12.1 Å². The van der Waals surface area contributed by atoms with Crippen LogP contribution in [0.4, 0.5) is 5.69 Å². The van der Waals surface area contributed by atoms with E-state index in [9.17, 15) is 9.90 Å². The van der Waals surface area contributed by atoms with Gasteiger partial charge in [-0.15, -0.1) is 6.58 Å². The second kappa shape index (κ2) is 4.32. The quantitative estimate of drug-likeness (QED) is 0.636. The second-order valence-electron chi connectivity index (χ2n) is 2.74. The molecule has 0 aliphatic carbocycles. The zero-order valence-corrected chi connectivity index (χ0v) is 7.53. The Labute approximate surface area is 81.5 Å². The number of carboxylic acid groups (broad SMARTS) is 1. The van der Waals surface area contributed by atoms with Crippen LogP contribution in [0.1, 0.15) is 10.4 Å². The molecule has 0 atom stereocenters. The maximum absolute atomic E-state index is 10.6. The van der Waals surface area contributed by atoms with Crippen molar-refractivity contribution in [3.8, 4) is 5.75 Å². The summed E-state index contributed by atoms with van der Waals surface area (Å²) in [4.78, 5) is 10.6. The Morgan fingerprint density at radius 3 is 2.79 bits per heavy atom. The molecule has 1 aromatic rings. The third-order valence-electron chi connectivity index (χ3n) is 1.62. The second-order valence-corrected chi connectivity index (χ2v) is 2.74. The maximum atomic E-state index is 10.6. The van der Waals surface area contributed by atoms with Crippen molar-refractivity contribution in [1.82, 2.24) is 0 Å². The summed E-state index contributed by atoms with van der Waals surface area (Å²) in [6.07, 6.45) is 1.64. The molecule has 0 saturated heterocycles. The highest BCUT2D eigenvalue weighted by atomic mass is 16.4. The van der Waals surface area contributed by atoms with Gasteiger partial charge < -0.3 is 15.5 Å². The minimum Gasteiger partial charge on any atom is -0.508 e. The maximum Gasteiger partial charge on any atom is 0.335 e. The monoisotopic (exact) mass is 193 g/mol. The highest BCUT2D eigenvalue weighted by molar-refractivity contribution is 5.89. The Hall–Kier alpha value is -1.97. The molecule has 0 radical (unpaired) electrons. The number of hydrogen-bond acceptors (Lipinski definition) is 3. The van der Waals surface area contributed by atoms with Crippen molar-refractivity contribution in [3.05, 3.63) is 36.4 Å². The Bertz CT molecular complexity index is 360. The Morgan fingerprint density at radius 2 is 2.21 bits per heavy atom. The average molecular weight is 193 g/mol. The first kappa shape index (κ1) is 10.1. The Morgan fingerprint density at radius 1 is 1.50 bits per heavy atom. The molecule has 4 nitrogen and oxygen atoms in total. The molecule has 14 heavy (non-hydrogen) atoms. The first-order chi connectivity index (χ1) is 6.63. The lowest BCUT2D eigenvalue weighted by Gasteiger charge is -2.05. The number of aromatic carboxylic acids is 1. The van der Waals surface area contributed by atoms with E-state index in [0.29, 0.717) is 12.2 Å². The molecule has 74 valence electrons. The summed E-state index contributed by atoms with van der Waals surface area (Å²) < 4.78 is 0. The fourth-order valence-corrected chi connectivity index (χ4v) is 1.03. The van der Waals surface area contributed by atoms with Crippen LogP contribution < -0.4 is 5.32 Å². The van der Waals surface area contributed by atoms with Gasteiger partial charge in [-0.2, -0.15) is 0 Å². The fourth-order valence-electron chi connectivity index (χ4n) is 1.03. The number of aromatic hydroxyl groups is 1. The van der Waals surface area contributed by atoms with Crippen molar-refractivity contribution < 1.29 is 15.0 Å². The number of rotatable bonds is 4. The van der Waals surface area contributed by atoms with Crippen molar-refractivity contribution in [3.63, 3.8) is 0 Å². The van der Waals surface area contributed by atoms with E-state index in [1.807, 2.05) is 0 Å². The summed E-state index contributed by atoms with van der Waals surface area (Å²) in [6, 6.07) is 4.10. The van der Waals surface area contributed by atoms with Gasteiger partial charge in [0.1, 0.15) is 5.75 Å². The largest absolute Gasteiger partial charge is 0.508 e. The molecule has 0 unspecified atom stereocenters. The van der Waals surface area contributed by atoms with Crippen molar-refractivity contribution in [1.29, 1.82) is 0 Å². The average Bonchev–Trinajstić information content (AvgIpc) is 2.14. The smallest absolute Gasteiger partial charge is 0.335 e. The molecule has 0 fully saturated rings. The fraction of sp³-hybridized carbons (Fsp3) is 0.100. The number of phenolic OH excluding ortho intramolecular Hbond substituents is 1. The molecular weight excluding hydrogens is 182 g/mol. The molecule has 1 aromatic carbocycles. The van der Waals surface area contributed by atoms with Crippen LogP contribution >= 0.6 is 0 Å². The predicted molar refractivity (Wildman–Crippen MR) is 53.8 cm³/mol. The molecule has 0 aromatic heterocycles. The van der Waals surface area contributed by atoms with Crippen LogP contribution in [0, 0.1) is 0 Å². The first-order valence-corrected chi connectivity index (χ1v) is 4.05. The lowest BCUT2D eigenvalue weighted by Crippen LogP contribution is -2.01.